The maximum Gasteiger partial charge on any atom is 0.274 e. The topological polar surface area (TPSA) is 82.5 Å². The van der Waals surface area contributed by atoms with Crippen LogP contribution < -0.4 is 5.32 Å². The lowest BCUT2D eigenvalue weighted by molar-refractivity contribution is 0.0878. The van der Waals surface area contributed by atoms with Crippen molar-refractivity contribution in [3.63, 3.8) is 0 Å². The number of amides is 1. The summed E-state index contributed by atoms with van der Waals surface area (Å²) in [4.78, 5) is 15.7. The number of aromatic nitrogens is 1. The maximum absolute atomic E-state index is 11.9. The van der Waals surface area contributed by atoms with Gasteiger partial charge in [0.05, 0.1) is 0 Å². The van der Waals surface area contributed by atoms with E-state index in [1.165, 1.54) is 12.3 Å². The molecule has 0 radical (unpaired) electrons. The van der Waals surface area contributed by atoms with Crippen LogP contribution in [0.25, 0.3) is 0 Å². The second-order valence-corrected chi connectivity index (χ2v) is 4.21. The van der Waals surface area contributed by atoms with Crippen molar-refractivity contribution in [1.82, 2.24) is 10.3 Å². The van der Waals surface area contributed by atoms with Crippen molar-refractivity contribution >= 4 is 5.91 Å². The number of rotatable bonds is 5. The predicted octanol–water partition coefficient (Wildman–Crippen LogP) is 1.07. The molecule has 17 heavy (non-hydrogen) atoms. The minimum atomic E-state index is -0.490. The molecule has 5 heteroatoms. The highest BCUT2D eigenvalue weighted by Crippen LogP contribution is 2.17. The first kappa shape index (κ1) is 13.4. The normalized spacial score (nSPS) is 14.1. The van der Waals surface area contributed by atoms with Gasteiger partial charge in [0, 0.05) is 18.3 Å². The van der Waals surface area contributed by atoms with E-state index in [0.717, 1.165) is 0 Å². The summed E-state index contributed by atoms with van der Waals surface area (Å²) in [7, 11) is 0. The van der Waals surface area contributed by atoms with Crippen LogP contribution in [-0.4, -0.2) is 33.3 Å². The van der Waals surface area contributed by atoms with Crippen LogP contribution in [0.3, 0.4) is 0 Å². The Labute approximate surface area is 101 Å². The molecule has 0 aliphatic heterocycles. The van der Waals surface area contributed by atoms with E-state index < -0.39 is 11.4 Å². The van der Waals surface area contributed by atoms with E-state index in [9.17, 15) is 9.90 Å². The number of aliphatic hydroxyl groups excluding tert-OH is 1. The van der Waals surface area contributed by atoms with Gasteiger partial charge in [0.2, 0.25) is 0 Å². The Morgan fingerprint density at radius 1 is 1.59 bits per heavy atom. The largest absolute Gasteiger partial charge is 0.505 e. The summed E-state index contributed by atoms with van der Waals surface area (Å²) in [6, 6.07) is 2.97. The molecule has 1 aromatic rings. The number of aliphatic hydroxyl groups is 1. The molecule has 0 saturated carbocycles. The molecular weight excluding hydrogens is 220 g/mol. The summed E-state index contributed by atoms with van der Waals surface area (Å²) in [6.07, 6.45) is 2.60. The highest BCUT2D eigenvalue weighted by Gasteiger charge is 2.25. The number of aromatic hydroxyl groups is 1. The molecule has 0 aliphatic carbocycles. The molecular formula is C12H18N2O3. The smallest absolute Gasteiger partial charge is 0.274 e. The zero-order valence-corrected chi connectivity index (χ0v) is 10.1. The minimum Gasteiger partial charge on any atom is -0.505 e. The van der Waals surface area contributed by atoms with Crippen LogP contribution in [-0.2, 0) is 0 Å². The van der Waals surface area contributed by atoms with Crippen molar-refractivity contribution in [1.29, 1.82) is 0 Å². The van der Waals surface area contributed by atoms with Crippen molar-refractivity contribution < 1.29 is 15.0 Å². The molecule has 1 heterocycles. The van der Waals surface area contributed by atoms with E-state index in [0.29, 0.717) is 12.8 Å². The van der Waals surface area contributed by atoms with Gasteiger partial charge in [-0.05, 0) is 31.9 Å². The van der Waals surface area contributed by atoms with Crippen LogP contribution in [0.2, 0.25) is 0 Å². The summed E-state index contributed by atoms with van der Waals surface area (Å²) in [6.45, 7) is 3.77. The molecule has 3 N–H and O–H groups in total. The Hall–Kier alpha value is -1.62. The standard InChI is InChI=1S/C12H18N2O3/c1-3-12(2,6-8-15)14-11(17)10-9(16)5-4-7-13-10/h4-5,7,15-16H,3,6,8H2,1-2H3,(H,14,17)/t12-/m1/s1. The van der Waals surface area contributed by atoms with Crippen molar-refractivity contribution in [3.8, 4) is 5.75 Å². The van der Waals surface area contributed by atoms with Crippen LogP contribution in [0.5, 0.6) is 5.75 Å². The lowest BCUT2D eigenvalue weighted by atomic mass is 9.94. The summed E-state index contributed by atoms with van der Waals surface area (Å²) in [5.74, 6) is -0.576. The number of carbonyl (C=O) groups excluding carboxylic acids is 1. The molecule has 0 aliphatic rings. The van der Waals surface area contributed by atoms with Gasteiger partial charge in [-0.15, -0.1) is 0 Å². The summed E-state index contributed by atoms with van der Waals surface area (Å²) in [5.41, 5.74) is -0.486. The van der Waals surface area contributed by atoms with E-state index in [4.69, 9.17) is 5.11 Å². The van der Waals surface area contributed by atoms with Gasteiger partial charge in [0.15, 0.2) is 5.69 Å². The SMILES string of the molecule is CC[C@](C)(CCO)NC(=O)c1ncccc1O. The summed E-state index contributed by atoms with van der Waals surface area (Å²) >= 11 is 0. The molecule has 0 saturated heterocycles. The van der Waals surface area contributed by atoms with Gasteiger partial charge in [0.1, 0.15) is 5.75 Å². The molecule has 0 fully saturated rings. The number of hydrogen-bond acceptors (Lipinski definition) is 4. The average Bonchev–Trinajstić information content (AvgIpc) is 2.29. The number of hydrogen-bond donors (Lipinski definition) is 3. The fourth-order valence-electron chi connectivity index (χ4n) is 1.48. The fraction of sp³-hybridized carbons (Fsp3) is 0.500. The average molecular weight is 238 g/mol. The molecule has 0 unspecified atom stereocenters. The van der Waals surface area contributed by atoms with E-state index >= 15 is 0 Å². The van der Waals surface area contributed by atoms with E-state index in [1.54, 1.807) is 6.07 Å². The van der Waals surface area contributed by atoms with Crippen LogP contribution in [0.1, 0.15) is 37.2 Å². The molecule has 94 valence electrons. The van der Waals surface area contributed by atoms with Crippen molar-refractivity contribution in [2.24, 2.45) is 0 Å². The first-order chi connectivity index (χ1) is 8.02. The molecule has 1 atom stereocenters. The molecule has 1 rings (SSSR count). The van der Waals surface area contributed by atoms with Gasteiger partial charge >= 0.3 is 0 Å². The van der Waals surface area contributed by atoms with Crippen LogP contribution >= 0.6 is 0 Å². The Bertz CT molecular complexity index is 395. The first-order valence-corrected chi connectivity index (χ1v) is 5.60. The number of pyridine rings is 1. The van der Waals surface area contributed by atoms with E-state index in [-0.39, 0.29) is 18.1 Å². The van der Waals surface area contributed by atoms with Crippen molar-refractivity contribution in [3.05, 3.63) is 24.0 Å². The summed E-state index contributed by atoms with van der Waals surface area (Å²) < 4.78 is 0. The molecule has 0 aromatic carbocycles. The maximum atomic E-state index is 11.9. The van der Waals surface area contributed by atoms with Gasteiger partial charge in [0.25, 0.3) is 5.91 Å². The predicted molar refractivity (Wildman–Crippen MR) is 63.8 cm³/mol. The molecule has 5 nitrogen and oxygen atoms in total. The number of carbonyl (C=O) groups is 1. The highest BCUT2D eigenvalue weighted by atomic mass is 16.3. The summed E-state index contributed by atoms with van der Waals surface area (Å²) in [5, 5.41) is 21.2. The lowest BCUT2D eigenvalue weighted by Gasteiger charge is -2.28. The fourth-order valence-corrected chi connectivity index (χ4v) is 1.48. The minimum absolute atomic E-state index is 0.00117. The number of nitrogens with one attached hydrogen (secondary N) is 1. The third-order valence-electron chi connectivity index (χ3n) is 2.86. The Morgan fingerprint density at radius 3 is 2.82 bits per heavy atom. The van der Waals surface area contributed by atoms with Gasteiger partial charge in [-0.25, -0.2) is 4.98 Å². The second kappa shape index (κ2) is 5.63. The zero-order valence-electron chi connectivity index (χ0n) is 10.1. The molecule has 0 spiro atoms. The second-order valence-electron chi connectivity index (χ2n) is 4.21. The van der Waals surface area contributed by atoms with Gasteiger partial charge in [-0.1, -0.05) is 6.92 Å². The zero-order chi connectivity index (χ0) is 12.9. The van der Waals surface area contributed by atoms with Crippen LogP contribution in [0, 0.1) is 0 Å². The third kappa shape index (κ3) is 3.42. The van der Waals surface area contributed by atoms with Crippen molar-refractivity contribution in [2.75, 3.05) is 6.61 Å². The highest BCUT2D eigenvalue weighted by molar-refractivity contribution is 5.95. The lowest BCUT2D eigenvalue weighted by Crippen LogP contribution is -2.46. The van der Waals surface area contributed by atoms with Gasteiger partial charge < -0.3 is 15.5 Å². The van der Waals surface area contributed by atoms with Gasteiger partial charge in [-0.2, -0.15) is 0 Å². The third-order valence-corrected chi connectivity index (χ3v) is 2.86. The van der Waals surface area contributed by atoms with Crippen LogP contribution in [0.4, 0.5) is 0 Å². The van der Waals surface area contributed by atoms with Crippen LogP contribution in [0.15, 0.2) is 18.3 Å². The Morgan fingerprint density at radius 2 is 2.29 bits per heavy atom. The first-order valence-electron chi connectivity index (χ1n) is 5.60. The van der Waals surface area contributed by atoms with Gasteiger partial charge in [-0.3, -0.25) is 4.79 Å². The molecule has 0 bridgehead atoms. The Balaban J connectivity index is 2.82. The molecule has 1 amide bonds. The Kier molecular flexibility index (Phi) is 4.45. The van der Waals surface area contributed by atoms with E-state index in [2.05, 4.69) is 10.3 Å². The molecule has 1 aromatic heterocycles. The van der Waals surface area contributed by atoms with E-state index in [1.807, 2.05) is 13.8 Å². The quantitative estimate of drug-likeness (QED) is 0.716. The number of nitrogens with zero attached hydrogens (tertiary/aromatic N) is 1. The van der Waals surface area contributed by atoms with Crippen molar-refractivity contribution in [2.45, 2.75) is 32.2 Å². The monoisotopic (exact) mass is 238 g/mol.